The fourth-order valence-electron chi connectivity index (χ4n) is 2.90. The average molecular weight is 342 g/mol. The van der Waals surface area contributed by atoms with Gasteiger partial charge < -0.3 is 4.57 Å². The van der Waals surface area contributed by atoms with Crippen LogP contribution in [0.15, 0.2) is 24.3 Å². The third kappa shape index (κ3) is 3.48. The molecule has 1 aliphatic heterocycles. The molecule has 0 fully saturated rings. The van der Waals surface area contributed by atoms with Crippen LogP contribution in [-0.4, -0.2) is 20.5 Å². The summed E-state index contributed by atoms with van der Waals surface area (Å²) < 4.78 is 29.1. The Labute approximate surface area is 143 Å². The molecule has 7 heteroatoms. The number of aromatic nitrogens is 3. The maximum absolute atomic E-state index is 13.6. The second-order valence-corrected chi connectivity index (χ2v) is 5.87. The zero-order valence-corrected chi connectivity index (χ0v) is 13.5. The molecule has 1 aromatic carbocycles. The number of benzene rings is 1. The lowest BCUT2D eigenvalue weighted by Crippen LogP contribution is -2.16. The van der Waals surface area contributed by atoms with Crippen LogP contribution >= 0.6 is 0 Å². The van der Waals surface area contributed by atoms with Gasteiger partial charge in [0.1, 0.15) is 17.5 Å². The molecule has 1 unspecified atom stereocenters. The van der Waals surface area contributed by atoms with E-state index >= 15 is 0 Å². The maximum atomic E-state index is 13.6. The van der Waals surface area contributed by atoms with Crippen molar-refractivity contribution in [3.63, 3.8) is 0 Å². The Morgan fingerprint density at radius 2 is 2.00 bits per heavy atom. The fraction of sp³-hybridized carbons (Fsp3) is 0.333. The van der Waals surface area contributed by atoms with Crippen molar-refractivity contribution >= 4 is 11.9 Å². The molecule has 128 valence electrons. The highest BCUT2D eigenvalue weighted by atomic mass is 19.1. The number of hydrogen-bond acceptors (Lipinski definition) is 4. The van der Waals surface area contributed by atoms with Gasteiger partial charge in [-0.1, -0.05) is 12.5 Å². The van der Waals surface area contributed by atoms with Crippen LogP contribution in [0.4, 0.5) is 8.78 Å². The number of nitriles is 1. The van der Waals surface area contributed by atoms with Gasteiger partial charge in [-0.15, -0.1) is 10.2 Å². The molecule has 0 radical (unpaired) electrons. The number of rotatable bonds is 4. The van der Waals surface area contributed by atoms with Crippen molar-refractivity contribution in [2.75, 3.05) is 0 Å². The highest BCUT2D eigenvalue weighted by Crippen LogP contribution is 2.22. The number of nitrogens with zero attached hydrogens (tertiary/aromatic N) is 4. The van der Waals surface area contributed by atoms with Crippen molar-refractivity contribution in [2.24, 2.45) is 0 Å². The number of carbonyl (C=O) groups excluding carboxylic acids is 1. The third-order valence-electron chi connectivity index (χ3n) is 4.22. The van der Waals surface area contributed by atoms with E-state index in [1.807, 2.05) is 10.6 Å². The molecule has 2 heterocycles. The zero-order valence-electron chi connectivity index (χ0n) is 13.5. The van der Waals surface area contributed by atoms with Gasteiger partial charge in [0.05, 0.1) is 6.07 Å². The van der Waals surface area contributed by atoms with Crippen LogP contribution in [0.2, 0.25) is 0 Å². The number of ketones is 1. The largest absolute Gasteiger partial charge is 0.313 e. The topological polar surface area (TPSA) is 71.6 Å². The van der Waals surface area contributed by atoms with Crippen molar-refractivity contribution in [1.29, 1.82) is 5.26 Å². The second kappa shape index (κ2) is 7.34. The zero-order chi connectivity index (χ0) is 17.8. The van der Waals surface area contributed by atoms with Gasteiger partial charge in [-0.3, -0.25) is 4.79 Å². The van der Waals surface area contributed by atoms with E-state index in [-0.39, 0.29) is 5.56 Å². The molecule has 1 atom stereocenters. The van der Waals surface area contributed by atoms with Gasteiger partial charge >= 0.3 is 0 Å². The number of carbonyl (C=O) groups is 1. The summed E-state index contributed by atoms with van der Waals surface area (Å²) in [6.45, 7) is 0.661. The van der Waals surface area contributed by atoms with E-state index in [9.17, 15) is 18.8 Å². The Morgan fingerprint density at radius 3 is 2.72 bits per heavy atom. The highest BCUT2D eigenvalue weighted by molar-refractivity contribution is 5.99. The van der Waals surface area contributed by atoms with Gasteiger partial charge in [0.2, 0.25) is 0 Å². The van der Waals surface area contributed by atoms with E-state index in [1.165, 1.54) is 6.07 Å². The first-order chi connectivity index (χ1) is 12.1. The molecule has 3 rings (SSSR count). The Balaban J connectivity index is 1.87. The Kier molecular flexibility index (Phi) is 4.98. The van der Waals surface area contributed by atoms with E-state index in [0.29, 0.717) is 12.4 Å². The lowest BCUT2D eigenvalue weighted by Gasteiger charge is -2.09. The Morgan fingerprint density at radius 1 is 1.24 bits per heavy atom. The number of fused-ring (bicyclic) bond motifs is 1. The second-order valence-electron chi connectivity index (χ2n) is 5.87. The van der Waals surface area contributed by atoms with Crippen molar-refractivity contribution < 1.29 is 13.6 Å². The molecule has 0 bridgehead atoms. The molecular weight excluding hydrogens is 326 g/mol. The van der Waals surface area contributed by atoms with Crippen LogP contribution in [0, 0.1) is 23.0 Å². The van der Waals surface area contributed by atoms with Crippen molar-refractivity contribution in [3.05, 3.63) is 53.1 Å². The third-order valence-corrected chi connectivity index (χ3v) is 4.22. The van der Waals surface area contributed by atoms with Gasteiger partial charge in [-0.25, -0.2) is 8.78 Å². The Bertz CT molecular complexity index is 846. The van der Waals surface area contributed by atoms with E-state index < -0.39 is 23.3 Å². The van der Waals surface area contributed by atoms with Crippen LogP contribution in [-0.2, 0) is 17.8 Å². The summed E-state index contributed by atoms with van der Waals surface area (Å²) in [5.41, 5.74) is -0.312. The maximum Gasteiger partial charge on any atom is 0.180 e. The smallest absolute Gasteiger partial charge is 0.180 e. The summed E-state index contributed by atoms with van der Waals surface area (Å²) in [4.78, 5) is 12.4. The Hall–Kier alpha value is -2.88. The van der Waals surface area contributed by atoms with Crippen LogP contribution in [0.3, 0.4) is 0 Å². The van der Waals surface area contributed by atoms with E-state index in [2.05, 4.69) is 10.2 Å². The molecule has 0 aliphatic carbocycles. The quantitative estimate of drug-likeness (QED) is 0.800. The van der Waals surface area contributed by atoms with Gasteiger partial charge in [0, 0.05) is 18.5 Å². The predicted molar refractivity (Wildman–Crippen MR) is 86.3 cm³/mol. The molecular formula is C18H16F2N4O. The summed E-state index contributed by atoms with van der Waals surface area (Å²) >= 11 is 0. The molecule has 0 amide bonds. The molecule has 0 saturated carbocycles. The van der Waals surface area contributed by atoms with Crippen LogP contribution in [0.1, 0.15) is 42.4 Å². The minimum atomic E-state index is -1.15. The lowest BCUT2D eigenvalue weighted by atomic mass is 10.0. The highest BCUT2D eigenvalue weighted by Gasteiger charge is 2.26. The predicted octanol–water partition coefficient (Wildman–Crippen LogP) is 3.17. The summed E-state index contributed by atoms with van der Waals surface area (Å²) in [7, 11) is 0. The van der Waals surface area contributed by atoms with E-state index in [0.717, 1.165) is 55.8 Å². The number of allylic oxidation sites excluding steroid dienone is 1. The fourth-order valence-corrected chi connectivity index (χ4v) is 2.90. The first-order valence-electron chi connectivity index (χ1n) is 8.09. The van der Waals surface area contributed by atoms with Gasteiger partial charge in [-0.05, 0) is 37.1 Å². The van der Waals surface area contributed by atoms with E-state index in [1.54, 1.807) is 0 Å². The van der Waals surface area contributed by atoms with Gasteiger partial charge in [0.15, 0.2) is 17.5 Å². The standard InChI is InChI=1S/C18H16F2N4O/c19-14-5-4-6-15(20)12(14)8-9-16(25)13(11-21)18-23-22-17-7-2-1-3-10-24(17)18/h4-6,8-9,13H,1-3,7,10H2/b9-8+. The number of aryl methyl sites for hydroxylation is 1. The first kappa shape index (κ1) is 17.0. The van der Waals surface area contributed by atoms with Crippen LogP contribution < -0.4 is 0 Å². The molecule has 0 saturated heterocycles. The molecule has 2 aromatic rings. The molecule has 0 spiro atoms. The molecule has 25 heavy (non-hydrogen) atoms. The molecule has 1 aromatic heterocycles. The normalized spacial score (nSPS) is 15.4. The number of halogens is 2. The van der Waals surface area contributed by atoms with Crippen molar-refractivity contribution in [2.45, 2.75) is 38.1 Å². The molecule has 1 aliphatic rings. The first-order valence-corrected chi connectivity index (χ1v) is 8.09. The molecule has 5 nitrogen and oxygen atoms in total. The minimum Gasteiger partial charge on any atom is -0.313 e. The average Bonchev–Trinajstić information content (AvgIpc) is 2.83. The lowest BCUT2D eigenvalue weighted by molar-refractivity contribution is -0.115. The summed E-state index contributed by atoms with van der Waals surface area (Å²) in [6.07, 6.45) is 5.82. The minimum absolute atomic E-state index is 0.294. The van der Waals surface area contributed by atoms with Crippen LogP contribution in [0.5, 0.6) is 0 Å². The summed E-state index contributed by atoms with van der Waals surface area (Å²) in [5.74, 6) is -2.20. The van der Waals surface area contributed by atoms with Gasteiger partial charge in [0.25, 0.3) is 0 Å². The van der Waals surface area contributed by atoms with Gasteiger partial charge in [-0.2, -0.15) is 5.26 Å². The van der Waals surface area contributed by atoms with Crippen molar-refractivity contribution in [3.8, 4) is 6.07 Å². The number of hydrogen-bond donors (Lipinski definition) is 0. The SMILES string of the molecule is N#CC(C(=O)/C=C/c1c(F)cccc1F)c1nnc2n1CCCCC2. The summed E-state index contributed by atoms with van der Waals surface area (Å²) in [5, 5.41) is 17.5. The molecule has 0 N–H and O–H groups in total. The monoisotopic (exact) mass is 342 g/mol. The van der Waals surface area contributed by atoms with E-state index in [4.69, 9.17) is 0 Å². The summed E-state index contributed by atoms with van der Waals surface area (Å²) in [6, 6.07) is 5.38. The van der Waals surface area contributed by atoms with Crippen molar-refractivity contribution in [1.82, 2.24) is 14.8 Å². The van der Waals surface area contributed by atoms with Crippen LogP contribution in [0.25, 0.3) is 6.08 Å².